The van der Waals surface area contributed by atoms with E-state index >= 15 is 0 Å². The van der Waals surface area contributed by atoms with Crippen LogP contribution < -0.4 is 20.8 Å². The van der Waals surface area contributed by atoms with Crippen LogP contribution in [0, 0.1) is 11.6 Å². The van der Waals surface area contributed by atoms with Gasteiger partial charge in [0.25, 0.3) is 5.56 Å². The first-order valence-electron chi connectivity index (χ1n) is 15.6. The van der Waals surface area contributed by atoms with Gasteiger partial charge in [-0.1, -0.05) is 23.7 Å². The second-order valence-electron chi connectivity index (χ2n) is 11.9. The molecule has 3 aromatic heterocycles. The molecule has 0 saturated carbocycles. The molecule has 3 N–H and O–H groups in total. The van der Waals surface area contributed by atoms with Crippen molar-refractivity contribution in [2.45, 2.75) is 25.1 Å². The Morgan fingerprint density at radius 1 is 1.00 bits per heavy atom. The first-order valence-corrected chi connectivity index (χ1v) is 17.7. The van der Waals surface area contributed by atoms with Gasteiger partial charge >= 0.3 is 12.3 Å². The summed E-state index contributed by atoms with van der Waals surface area (Å²) in [5.74, 6) is -2.57. The van der Waals surface area contributed by atoms with E-state index in [4.69, 9.17) is 26.8 Å². The molecule has 0 spiro atoms. The van der Waals surface area contributed by atoms with Crippen LogP contribution >= 0.6 is 11.6 Å². The predicted molar refractivity (Wildman–Crippen MR) is 187 cm³/mol. The number of nitrogens with zero attached hydrogens (tertiary/aromatic N) is 5. The minimum atomic E-state index is -4.94. The number of amides is 1. The topological polar surface area (TPSA) is 173 Å². The molecule has 54 heavy (non-hydrogen) atoms. The van der Waals surface area contributed by atoms with E-state index in [0.717, 1.165) is 22.8 Å². The van der Waals surface area contributed by atoms with Crippen molar-refractivity contribution in [3.8, 4) is 11.4 Å². The van der Waals surface area contributed by atoms with Gasteiger partial charge in [0.15, 0.2) is 23.4 Å². The van der Waals surface area contributed by atoms with Gasteiger partial charge in [-0.3, -0.25) is 18.8 Å². The van der Waals surface area contributed by atoms with Gasteiger partial charge in [0.05, 0.1) is 39.9 Å². The normalized spacial score (nSPS) is 12.6. The number of carbonyl (C=O) groups is 1. The van der Waals surface area contributed by atoms with Crippen molar-refractivity contribution in [1.82, 2.24) is 24.3 Å². The molecule has 0 aliphatic rings. The number of hydrogen-bond acceptors (Lipinski definition) is 9. The van der Waals surface area contributed by atoms with Crippen LogP contribution in [0.2, 0.25) is 5.02 Å². The van der Waals surface area contributed by atoms with Gasteiger partial charge in [0.1, 0.15) is 23.1 Å². The molecule has 1 amide bonds. The minimum Gasteiger partial charge on any atom is -0.497 e. The number of rotatable bonds is 11. The smallest absolute Gasteiger partial charge is 0.433 e. The number of nitrogens with one attached hydrogen (secondary N) is 1. The third-order valence-electron chi connectivity index (χ3n) is 8.17. The number of carbonyl (C=O) groups excluding carboxylic acids is 1. The van der Waals surface area contributed by atoms with Gasteiger partial charge < -0.3 is 15.2 Å². The lowest BCUT2D eigenvalue weighted by Gasteiger charge is -2.22. The quantitative estimate of drug-likeness (QED) is 0.150. The summed E-state index contributed by atoms with van der Waals surface area (Å²) in [5.41, 5.74) is 2.74. The van der Waals surface area contributed by atoms with E-state index in [0.29, 0.717) is 23.4 Å². The largest absolute Gasteiger partial charge is 0.497 e. The number of nitrogens with two attached hydrogens (primary N) is 1. The van der Waals surface area contributed by atoms with Crippen molar-refractivity contribution < 1.29 is 44.6 Å². The number of fused-ring (bicyclic) bond motifs is 2. The van der Waals surface area contributed by atoms with Crippen molar-refractivity contribution >= 4 is 55.5 Å². The van der Waals surface area contributed by atoms with Crippen LogP contribution in [0.4, 0.5) is 32.6 Å². The number of methoxy groups -OCH3 is 1. The SMILES string of the molecule is COc1ccc(CCS(=O)(=O)Nc2nn(C)c3c(-n4c([C@H](Cc5cc(F)cc(F)c5)OC(N)=O)nc5nc(C(F)(F)F)ccc5c4=O)ccc(Cl)c23)cc1. The number of sulfonamides is 1. The van der Waals surface area contributed by atoms with Gasteiger partial charge in [-0.05, 0) is 66.1 Å². The van der Waals surface area contributed by atoms with Crippen molar-refractivity contribution in [2.75, 3.05) is 17.6 Å². The molecule has 6 rings (SSSR count). The Bertz CT molecular complexity index is 2580. The predicted octanol–water partition coefficient (Wildman–Crippen LogP) is 5.99. The Labute approximate surface area is 307 Å². The fourth-order valence-corrected chi connectivity index (χ4v) is 7.10. The number of primary amides is 1. The van der Waals surface area contributed by atoms with Crippen molar-refractivity contribution in [3.05, 3.63) is 116 Å². The summed E-state index contributed by atoms with van der Waals surface area (Å²) in [6.45, 7) is 0. The van der Waals surface area contributed by atoms with Crippen LogP contribution in [0.5, 0.6) is 5.75 Å². The summed E-state index contributed by atoms with van der Waals surface area (Å²) >= 11 is 6.59. The van der Waals surface area contributed by atoms with E-state index in [1.165, 1.54) is 31.0 Å². The summed E-state index contributed by atoms with van der Waals surface area (Å²) in [6.07, 6.45) is -8.58. The van der Waals surface area contributed by atoms with Crippen molar-refractivity contribution in [3.63, 3.8) is 0 Å². The van der Waals surface area contributed by atoms with Crippen LogP contribution in [-0.4, -0.2) is 51.7 Å². The van der Waals surface area contributed by atoms with Gasteiger partial charge in [-0.25, -0.2) is 32.0 Å². The lowest BCUT2D eigenvalue weighted by atomic mass is 10.1. The number of alkyl halides is 3. The number of aromatic nitrogens is 5. The maximum atomic E-state index is 14.3. The number of halogens is 6. The summed E-state index contributed by atoms with van der Waals surface area (Å²) in [4.78, 5) is 34.2. The fourth-order valence-electron chi connectivity index (χ4n) is 5.81. The molecule has 0 saturated heterocycles. The van der Waals surface area contributed by atoms with E-state index in [2.05, 4.69) is 19.8 Å². The first-order chi connectivity index (χ1) is 25.4. The molecule has 1 atom stereocenters. The summed E-state index contributed by atoms with van der Waals surface area (Å²) < 4.78 is 111. The van der Waals surface area contributed by atoms with E-state index in [-0.39, 0.29) is 45.2 Å². The number of anilines is 1. The highest BCUT2D eigenvalue weighted by atomic mass is 35.5. The number of benzene rings is 3. The highest BCUT2D eigenvalue weighted by molar-refractivity contribution is 7.92. The molecule has 3 aromatic carbocycles. The van der Waals surface area contributed by atoms with Gasteiger partial charge in [-0.15, -0.1) is 0 Å². The van der Waals surface area contributed by atoms with Gasteiger partial charge in [0, 0.05) is 19.5 Å². The highest BCUT2D eigenvalue weighted by Gasteiger charge is 2.34. The van der Waals surface area contributed by atoms with Crippen LogP contribution in [0.3, 0.4) is 0 Å². The monoisotopic (exact) mass is 791 g/mol. The zero-order valence-electron chi connectivity index (χ0n) is 28.0. The molecule has 0 bridgehead atoms. The summed E-state index contributed by atoms with van der Waals surface area (Å²) in [6, 6.07) is 13.2. The number of pyridine rings is 1. The third kappa shape index (κ3) is 7.91. The number of ether oxygens (including phenoxy) is 2. The van der Waals surface area contributed by atoms with Crippen molar-refractivity contribution in [2.24, 2.45) is 12.8 Å². The van der Waals surface area contributed by atoms with Gasteiger partial charge in [-0.2, -0.15) is 18.3 Å². The number of aryl methyl sites for hydroxylation is 2. The standard InChI is InChI=1S/C34H27ClF5N7O6S/c1-46-28-24(9-8-23(35)27(28)30(44-46)45-54(50,51)12-11-17-3-5-21(52-2)6-4-17)47-31(25(53-33(41)49)15-18-13-19(36)16-20(37)14-18)43-29-22(32(47)48)7-10-26(42-29)34(38,39)40/h3-10,13-14,16,25H,11-12,15H2,1-2H3,(H2,41,49)(H,44,45)/t25-/m0/s1. The van der Waals surface area contributed by atoms with Crippen LogP contribution in [0.15, 0.2) is 71.5 Å². The van der Waals surface area contributed by atoms with Gasteiger partial charge in [0.2, 0.25) is 10.0 Å². The van der Waals surface area contributed by atoms with Crippen molar-refractivity contribution in [1.29, 1.82) is 0 Å². The molecule has 0 radical (unpaired) electrons. The Morgan fingerprint density at radius 2 is 1.69 bits per heavy atom. The Balaban J connectivity index is 1.53. The molecule has 0 aliphatic carbocycles. The average Bonchev–Trinajstić information content (AvgIpc) is 3.41. The fraction of sp³-hybridized carbons (Fsp3) is 0.206. The molecule has 282 valence electrons. The van der Waals surface area contributed by atoms with E-state index in [1.54, 1.807) is 24.3 Å². The molecule has 6 aromatic rings. The van der Waals surface area contributed by atoms with Crippen LogP contribution in [0.25, 0.3) is 27.6 Å². The zero-order chi connectivity index (χ0) is 39.1. The maximum Gasteiger partial charge on any atom is 0.433 e. The molecule has 3 heterocycles. The molecular formula is C34H27ClF5N7O6S. The lowest BCUT2D eigenvalue weighted by molar-refractivity contribution is -0.141. The molecule has 0 unspecified atom stereocenters. The Hall–Kier alpha value is -5.82. The maximum absolute atomic E-state index is 14.3. The molecule has 20 heteroatoms. The molecule has 13 nitrogen and oxygen atoms in total. The molecule has 0 aliphatic heterocycles. The third-order valence-corrected chi connectivity index (χ3v) is 9.73. The van der Waals surface area contributed by atoms with E-state index in [1.807, 2.05) is 0 Å². The zero-order valence-corrected chi connectivity index (χ0v) is 29.6. The van der Waals surface area contributed by atoms with Crippen LogP contribution in [0.1, 0.15) is 28.7 Å². The second-order valence-corrected chi connectivity index (χ2v) is 14.1. The first kappa shape index (κ1) is 37.9. The van der Waals surface area contributed by atoms with Crippen LogP contribution in [-0.2, 0) is 40.8 Å². The lowest BCUT2D eigenvalue weighted by Crippen LogP contribution is -2.30. The Kier molecular flexibility index (Phi) is 10.2. The summed E-state index contributed by atoms with van der Waals surface area (Å²) in [5, 5.41) is 3.88. The molecular weight excluding hydrogens is 765 g/mol. The molecule has 0 fully saturated rings. The van der Waals surface area contributed by atoms with E-state index in [9.17, 15) is 40.0 Å². The highest BCUT2D eigenvalue weighted by Crippen LogP contribution is 2.36. The number of hydrogen-bond donors (Lipinski definition) is 2. The summed E-state index contributed by atoms with van der Waals surface area (Å²) in [7, 11) is -1.18. The van der Waals surface area contributed by atoms with E-state index < -0.39 is 74.6 Å². The minimum absolute atomic E-state index is 0.00718. The average molecular weight is 792 g/mol. The Morgan fingerprint density at radius 3 is 2.31 bits per heavy atom. The second kappa shape index (κ2) is 14.5.